The Balaban J connectivity index is 1.73. The van der Waals surface area contributed by atoms with E-state index < -0.39 is 0 Å². The first kappa shape index (κ1) is 15.4. The van der Waals surface area contributed by atoms with Crippen molar-refractivity contribution in [3.8, 4) is 0 Å². The largest absolute Gasteiger partial charge is 0.397 e. The summed E-state index contributed by atoms with van der Waals surface area (Å²) in [6.45, 7) is 3.23. The van der Waals surface area contributed by atoms with Crippen molar-refractivity contribution in [1.29, 1.82) is 0 Å². The van der Waals surface area contributed by atoms with E-state index in [4.69, 9.17) is 5.73 Å². The highest BCUT2D eigenvalue weighted by atomic mass is 16.2. The van der Waals surface area contributed by atoms with Gasteiger partial charge in [-0.2, -0.15) is 0 Å². The molecule has 0 atom stereocenters. The van der Waals surface area contributed by atoms with Gasteiger partial charge in [0.2, 0.25) is 11.8 Å². The summed E-state index contributed by atoms with van der Waals surface area (Å²) in [5.41, 5.74) is 7.06. The van der Waals surface area contributed by atoms with Gasteiger partial charge in [0.1, 0.15) is 0 Å². The summed E-state index contributed by atoms with van der Waals surface area (Å²) in [6, 6.07) is 7.27. The van der Waals surface area contributed by atoms with Crippen molar-refractivity contribution in [3.63, 3.8) is 0 Å². The van der Waals surface area contributed by atoms with Gasteiger partial charge < -0.3 is 16.0 Å². The van der Waals surface area contributed by atoms with Crippen molar-refractivity contribution < 1.29 is 9.59 Å². The van der Waals surface area contributed by atoms with Crippen LogP contribution in [0.2, 0.25) is 0 Å². The summed E-state index contributed by atoms with van der Waals surface area (Å²) in [7, 11) is 0. The van der Waals surface area contributed by atoms with E-state index in [-0.39, 0.29) is 11.8 Å². The SMILES string of the molecule is CC(=O)N1CCC(CCC(=O)Nc2ccccc2N)CC1. The number of likely N-dealkylation sites (tertiary alicyclic amines) is 1. The van der Waals surface area contributed by atoms with Gasteiger partial charge in [-0.25, -0.2) is 0 Å². The number of nitrogens with two attached hydrogens (primary N) is 1. The van der Waals surface area contributed by atoms with E-state index >= 15 is 0 Å². The maximum Gasteiger partial charge on any atom is 0.224 e. The second-order valence-corrected chi connectivity index (χ2v) is 5.62. The molecule has 1 aromatic rings. The molecular weight excluding hydrogens is 266 g/mol. The Kier molecular flexibility index (Phi) is 5.20. The van der Waals surface area contributed by atoms with E-state index in [0.29, 0.717) is 23.7 Å². The van der Waals surface area contributed by atoms with Crippen LogP contribution in [0.1, 0.15) is 32.6 Å². The minimum atomic E-state index is 0.00176. The summed E-state index contributed by atoms with van der Waals surface area (Å²) < 4.78 is 0. The van der Waals surface area contributed by atoms with Gasteiger partial charge in [0.25, 0.3) is 0 Å². The number of carbonyl (C=O) groups excluding carboxylic acids is 2. The molecule has 2 rings (SSSR count). The Bertz CT molecular complexity index is 508. The quantitative estimate of drug-likeness (QED) is 0.835. The van der Waals surface area contributed by atoms with Crippen LogP contribution in [-0.2, 0) is 9.59 Å². The number of nitrogens with one attached hydrogen (secondary N) is 1. The predicted molar refractivity (Wildman–Crippen MR) is 83.7 cm³/mol. The van der Waals surface area contributed by atoms with Crippen molar-refractivity contribution in [2.45, 2.75) is 32.6 Å². The van der Waals surface area contributed by atoms with Gasteiger partial charge in [-0.05, 0) is 37.3 Å². The summed E-state index contributed by atoms with van der Waals surface area (Å²) in [5.74, 6) is 0.673. The van der Waals surface area contributed by atoms with Crippen LogP contribution in [0.3, 0.4) is 0 Å². The molecule has 0 aliphatic carbocycles. The average Bonchev–Trinajstić information content (AvgIpc) is 2.48. The first-order valence-corrected chi connectivity index (χ1v) is 7.46. The molecule has 0 bridgehead atoms. The molecule has 0 saturated carbocycles. The fourth-order valence-corrected chi connectivity index (χ4v) is 2.70. The molecule has 0 aromatic heterocycles. The van der Waals surface area contributed by atoms with Crippen molar-refractivity contribution in [3.05, 3.63) is 24.3 Å². The lowest BCUT2D eigenvalue weighted by Crippen LogP contribution is -2.37. The Hall–Kier alpha value is -2.04. The summed E-state index contributed by atoms with van der Waals surface area (Å²) in [4.78, 5) is 25.1. The Morgan fingerprint density at radius 1 is 1.29 bits per heavy atom. The molecule has 5 heteroatoms. The number of nitrogen functional groups attached to an aromatic ring is 1. The van der Waals surface area contributed by atoms with Gasteiger partial charge in [-0.1, -0.05) is 12.1 Å². The molecule has 1 aliphatic rings. The van der Waals surface area contributed by atoms with E-state index in [0.717, 1.165) is 32.4 Å². The number of rotatable bonds is 4. The van der Waals surface area contributed by atoms with Crippen LogP contribution in [0.5, 0.6) is 0 Å². The zero-order valence-corrected chi connectivity index (χ0v) is 12.5. The highest BCUT2D eigenvalue weighted by Gasteiger charge is 2.21. The molecule has 1 fully saturated rings. The molecule has 1 heterocycles. The predicted octanol–water partition coefficient (Wildman–Crippen LogP) is 2.25. The van der Waals surface area contributed by atoms with Crippen LogP contribution >= 0.6 is 0 Å². The molecule has 0 spiro atoms. The number of carbonyl (C=O) groups is 2. The summed E-state index contributed by atoms with van der Waals surface area (Å²) >= 11 is 0. The molecule has 114 valence electrons. The van der Waals surface area contributed by atoms with Crippen molar-refractivity contribution in [2.24, 2.45) is 5.92 Å². The third-order valence-electron chi connectivity index (χ3n) is 4.07. The smallest absolute Gasteiger partial charge is 0.224 e. The molecule has 0 radical (unpaired) electrons. The van der Waals surface area contributed by atoms with E-state index in [1.54, 1.807) is 19.1 Å². The topological polar surface area (TPSA) is 75.4 Å². The Morgan fingerprint density at radius 3 is 2.57 bits per heavy atom. The minimum absolute atomic E-state index is 0.00176. The van der Waals surface area contributed by atoms with Gasteiger partial charge in [0, 0.05) is 26.4 Å². The Morgan fingerprint density at radius 2 is 1.95 bits per heavy atom. The molecule has 1 saturated heterocycles. The van der Waals surface area contributed by atoms with E-state index in [9.17, 15) is 9.59 Å². The van der Waals surface area contributed by atoms with Crippen LogP contribution in [0.15, 0.2) is 24.3 Å². The number of nitrogens with zero attached hydrogens (tertiary/aromatic N) is 1. The lowest BCUT2D eigenvalue weighted by atomic mass is 9.92. The third-order valence-corrected chi connectivity index (χ3v) is 4.07. The van der Waals surface area contributed by atoms with Gasteiger partial charge in [-0.15, -0.1) is 0 Å². The molecule has 0 unspecified atom stereocenters. The highest BCUT2D eigenvalue weighted by Crippen LogP contribution is 2.23. The highest BCUT2D eigenvalue weighted by molar-refractivity contribution is 5.93. The van der Waals surface area contributed by atoms with Crippen molar-refractivity contribution in [1.82, 2.24) is 4.90 Å². The zero-order chi connectivity index (χ0) is 15.2. The van der Waals surface area contributed by atoms with Crippen molar-refractivity contribution in [2.75, 3.05) is 24.1 Å². The number of amides is 2. The van der Waals surface area contributed by atoms with Crippen LogP contribution < -0.4 is 11.1 Å². The molecular formula is C16H23N3O2. The first-order valence-electron chi connectivity index (χ1n) is 7.46. The molecule has 2 amide bonds. The van der Waals surface area contributed by atoms with E-state index in [1.807, 2.05) is 17.0 Å². The number of hydrogen-bond donors (Lipinski definition) is 2. The van der Waals surface area contributed by atoms with E-state index in [1.165, 1.54) is 0 Å². The van der Waals surface area contributed by atoms with Gasteiger partial charge in [0.05, 0.1) is 11.4 Å². The fraction of sp³-hybridized carbons (Fsp3) is 0.500. The number of piperidine rings is 1. The Labute approximate surface area is 125 Å². The first-order chi connectivity index (χ1) is 10.1. The standard InChI is InChI=1S/C16H23N3O2/c1-12(20)19-10-8-13(9-11-19)6-7-16(21)18-15-5-3-2-4-14(15)17/h2-5,13H,6-11,17H2,1H3,(H,18,21). The molecule has 1 aromatic carbocycles. The van der Waals surface area contributed by atoms with Crippen LogP contribution in [0, 0.1) is 5.92 Å². The lowest BCUT2D eigenvalue weighted by molar-refractivity contribution is -0.130. The number of para-hydroxylation sites is 2. The van der Waals surface area contributed by atoms with Gasteiger partial charge >= 0.3 is 0 Å². The number of anilines is 2. The third kappa shape index (κ3) is 4.48. The van der Waals surface area contributed by atoms with Crippen LogP contribution in [-0.4, -0.2) is 29.8 Å². The number of benzene rings is 1. The molecule has 3 N–H and O–H groups in total. The van der Waals surface area contributed by atoms with Gasteiger partial charge in [-0.3, -0.25) is 9.59 Å². The maximum atomic E-state index is 11.9. The molecule has 21 heavy (non-hydrogen) atoms. The fourth-order valence-electron chi connectivity index (χ4n) is 2.70. The lowest BCUT2D eigenvalue weighted by Gasteiger charge is -2.31. The zero-order valence-electron chi connectivity index (χ0n) is 12.5. The van der Waals surface area contributed by atoms with Crippen LogP contribution in [0.25, 0.3) is 0 Å². The average molecular weight is 289 g/mol. The second-order valence-electron chi connectivity index (χ2n) is 5.62. The van der Waals surface area contributed by atoms with Crippen molar-refractivity contribution >= 4 is 23.2 Å². The van der Waals surface area contributed by atoms with Gasteiger partial charge in [0.15, 0.2) is 0 Å². The number of hydrogen-bond acceptors (Lipinski definition) is 3. The molecule has 5 nitrogen and oxygen atoms in total. The van der Waals surface area contributed by atoms with E-state index in [2.05, 4.69) is 5.32 Å². The summed E-state index contributed by atoms with van der Waals surface area (Å²) in [5, 5.41) is 2.85. The normalized spacial score (nSPS) is 15.8. The van der Waals surface area contributed by atoms with Crippen LogP contribution in [0.4, 0.5) is 11.4 Å². The maximum absolute atomic E-state index is 11.9. The monoisotopic (exact) mass is 289 g/mol. The second kappa shape index (κ2) is 7.11. The minimum Gasteiger partial charge on any atom is -0.397 e. The molecule has 1 aliphatic heterocycles. The summed E-state index contributed by atoms with van der Waals surface area (Å²) in [6.07, 6.45) is 3.34.